The van der Waals surface area contributed by atoms with Gasteiger partial charge in [-0.1, -0.05) is 54.6 Å². The maximum Gasteiger partial charge on any atom is 0.204 e. The van der Waals surface area contributed by atoms with E-state index >= 15 is 0 Å². The molecule has 0 saturated carbocycles. The molecule has 2 aromatic rings. The molecule has 1 unspecified atom stereocenters. The highest BCUT2D eigenvalue weighted by molar-refractivity contribution is 6.36. The first kappa shape index (κ1) is 20.8. The van der Waals surface area contributed by atoms with Crippen molar-refractivity contribution in [1.29, 1.82) is 0 Å². The second kappa shape index (κ2) is 10.00. The molecule has 5 nitrogen and oxygen atoms in total. The Morgan fingerprint density at radius 2 is 1.67 bits per heavy atom. The van der Waals surface area contributed by atoms with Crippen LogP contribution < -0.4 is 14.2 Å². The van der Waals surface area contributed by atoms with Gasteiger partial charge in [-0.2, -0.15) is 0 Å². The summed E-state index contributed by atoms with van der Waals surface area (Å²) in [7, 11) is 1.51. The number of rotatable bonds is 10. The number of carbonyl (C=O) groups excluding carboxylic acids is 1. The van der Waals surface area contributed by atoms with Crippen LogP contribution in [-0.2, 0) is 4.79 Å². The summed E-state index contributed by atoms with van der Waals surface area (Å²) in [5.74, 6) is 0.364. The van der Waals surface area contributed by atoms with Gasteiger partial charge < -0.3 is 19.0 Å². The molecule has 0 N–H and O–H groups in total. The molecule has 0 radical (unpaired) electrons. The minimum atomic E-state index is -0.787. The van der Waals surface area contributed by atoms with Crippen molar-refractivity contribution in [3.8, 4) is 17.2 Å². The third-order valence-electron chi connectivity index (χ3n) is 3.69. The Labute approximate surface area is 168 Å². The molecule has 0 amide bonds. The van der Waals surface area contributed by atoms with Gasteiger partial charge in [0.2, 0.25) is 5.75 Å². The molecular formula is C20H19Cl2NO4. The molecule has 0 saturated heterocycles. The highest BCUT2D eigenvalue weighted by Crippen LogP contribution is 2.46. The Balaban J connectivity index is 2.70. The van der Waals surface area contributed by atoms with Crippen LogP contribution in [0.25, 0.3) is 0 Å². The Hall–Kier alpha value is -2.50. The molecule has 7 heteroatoms. The third kappa shape index (κ3) is 4.62. The van der Waals surface area contributed by atoms with E-state index in [1.807, 2.05) is 0 Å². The zero-order chi connectivity index (χ0) is 19.8. The number of pyridine rings is 1. The number of carbonyl (C=O) groups is 1. The van der Waals surface area contributed by atoms with Crippen LogP contribution in [-0.4, -0.2) is 31.6 Å². The van der Waals surface area contributed by atoms with Gasteiger partial charge in [0.1, 0.15) is 19.5 Å². The van der Waals surface area contributed by atoms with Crippen molar-refractivity contribution >= 4 is 29.5 Å². The van der Waals surface area contributed by atoms with E-state index in [0.29, 0.717) is 28.4 Å². The van der Waals surface area contributed by atoms with E-state index in [1.165, 1.54) is 19.5 Å². The summed E-state index contributed by atoms with van der Waals surface area (Å²) in [6.07, 6.45) is 6.79. The molecule has 27 heavy (non-hydrogen) atoms. The fraction of sp³-hybridized carbons (Fsp3) is 0.200. The molecule has 0 spiro atoms. The van der Waals surface area contributed by atoms with Crippen LogP contribution in [0.4, 0.5) is 0 Å². The van der Waals surface area contributed by atoms with Crippen molar-refractivity contribution in [2.45, 2.75) is 5.92 Å². The topological polar surface area (TPSA) is 57.7 Å². The van der Waals surface area contributed by atoms with Crippen molar-refractivity contribution in [3.05, 3.63) is 71.0 Å². The molecule has 0 bridgehead atoms. The van der Waals surface area contributed by atoms with Crippen LogP contribution in [0.1, 0.15) is 17.0 Å². The summed E-state index contributed by atoms with van der Waals surface area (Å²) in [5, 5.41) is 0.553. The maximum atomic E-state index is 12.0. The minimum absolute atomic E-state index is 0.202. The average Bonchev–Trinajstić information content (AvgIpc) is 2.67. The Bertz CT molecular complexity index is 819. The van der Waals surface area contributed by atoms with Gasteiger partial charge in [-0.05, 0) is 6.07 Å². The lowest BCUT2D eigenvalue weighted by Gasteiger charge is -2.22. The zero-order valence-corrected chi connectivity index (χ0v) is 16.3. The van der Waals surface area contributed by atoms with Crippen molar-refractivity contribution in [3.63, 3.8) is 0 Å². The Morgan fingerprint density at radius 1 is 1.07 bits per heavy atom. The van der Waals surface area contributed by atoms with E-state index < -0.39 is 5.92 Å². The van der Waals surface area contributed by atoms with Crippen LogP contribution in [0.2, 0.25) is 10.0 Å². The first-order valence-electron chi connectivity index (χ1n) is 8.01. The predicted molar refractivity (Wildman–Crippen MR) is 107 cm³/mol. The monoisotopic (exact) mass is 407 g/mol. The number of benzene rings is 1. The summed E-state index contributed by atoms with van der Waals surface area (Å²) in [6.45, 7) is 7.74. The summed E-state index contributed by atoms with van der Waals surface area (Å²) in [6, 6.07) is 3.40. The quantitative estimate of drug-likeness (QED) is 0.415. The lowest BCUT2D eigenvalue weighted by atomic mass is 9.92. The van der Waals surface area contributed by atoms with Gasteiger partial charge in [0.05, 0.1) is 23.1 Å². The highest BCUT2D eigenvalue weighted by atomic mass is 35.5. The standard InChI is InChI=1S/C20H19Cl2NO4/c1-4-8-26-19-13(6-7-17(25-3)20(19)27-9-5-2)14(12-24)18-15(21)10-23-11-16(18)22/h4-7,10-12,14H,1-2,8-9H2,3H3. The summed E-state index contributed by atoms with van der Waals surface area (Å²) < 4.78 is 16.9. The van der Waals surface area contributed by atoms with Crippen LogP contribution in [0.15, 0.2) is 49.8 Å². The molecule has 2 rings (SSSR count). The number of halogens is 2. The number of hydrogen-bond acceptors (Lipinski definition) is 5. The lowest BCUT2D eigenvalue weighted by Crippen LogP contribution is -2.10. The lowest BCUT2D eigenvalue weighted by molar-refractivity contribution is -0.108. The van der Waals surface area contributed by atoms with Gasteiger partial charge in [-0.3, -0.25) is 4.98 Å². The molecular weight excluding hydrogens is 389 g/mol. The fourth-order valence-electron chi connectivity index (χ4n) is 2.55. The van der Waals surface area contributed by atoms with Crippen LogP contribution >= 0.6 is 23.2 Å². The van der Waals surface area contributed by atoms with Gasteiger partial charge in [0.15, 0.2) is 11.5 Å². The largest absolute Gasteiger partial charge is 0.493 e. The van der Waals surface area contributed by atoms with E-state index in [2.05, 4.69) is 18.1 Å². The predicted octanol–water partition coefficient (Wildman–Crippen LogP) is 4.86. The van der Waals surface area contributed by atoms with E-state index in [1.54, 1.807) is 24.3 Å². The van der Waals surface area contributed by atoms with Crippen molar-refractivity contribution in [2.75, 3.05) is 20.3 Å². The highest BCUT2D eigenvalue weighted by Gasteiger charge is 2.27. The molecule has 1 aromatic heterocycles. The van der Waals surface area contributed by atoms with E-state index in [-0.39, 0.29) is 23.3 Å². The average molecular weight is 408 g/mol. The molecule has 0 fully saturated rings. The fourth-order valence-corrected chi connectivity index (χ4v) is 3.15. The first-order valence-corrected chi connectivity index (χ1v) is 8.77. The summed E-state index contributed by atoms with van der Waals surface area (Å²) in [5.41, 5.74) is 0.966. The second-order valence-corrected chi connectivity index (χ2v) is 6.16. The molecule has 1 aromatic carbocycles. The number of aromatic nitrogens is 1. The molecule has 1 atom stereocenters. The van der Waals surface area contributed by atoms with E-state index in [0.717, 1.165) is 6.29 Å². The van der Waals surface area contributed by atoms with Crippen molar-refractivity contribution in [1.82, 2.24) is 4.98 Å². The smallest absolute Gasteiger partial charge is 0.204 e. The van der Waals surface area contributed by atoms with Crippen LogP contribution in [0.3, 0.4) is 0 Å². The van der Waals surface area contributed by atoms with Gasteiger partial charge in [0, 0.05) is 23.5 Å². The first-order chi connectivity index (χ1) is 13.1. The van der Waals surface area contributed by atoms with Gasteiger partial charge >= 0.3 is 0 Å². The molecule has 1 heterocycles. The number of ether oxygens (including phenoxy) is 3. The normalized spacial score (nSPS) is 11.4. The summed E-state index contributed by atoms with van der Waals surface area (Å²) in [4.78, 5) is 15.9. The maximum absolute atomic E-state index is 12.0. The minimum Gasteiger partial charge on any atom is -0.493 e. The number of methoxy groups -OCH3 is 1. The molecule has 0 aliphatic heterocycles. The summed E-state index contributed by atoms with van der Waals surface area (Å²) >= 11 is 12.5. The van der Waals surface area contributed by atoms with Crippen LogP contribution in [0, 0.1) is 0 Å². The second-order valence-electron chi connectivity index (χ2n) is 5.35. The number of hydrogen-bond donors (Lipinski definition) is 0. The van der Waals surface area contributed by atoms with Gasteiger partial charge in [-0.25, -0.2) is 0 Å². The number of aldehydes is 1. The van der Waals surface area contributed by atoms with Gasteiger partial charge in [0.25, 0.3) is 0 Å². The molecule has 0 aliphatic carbocycles. The zero-order valence-electron chi connectivity index (χ0n) is 14.8. The van der Waals surface area contributed by atoms with Gasteiger partial charge in [-0.15, -0.1) is 0 Å². The molecule has 0 aliphatic rings. The SMILES string of the molecule is C=CCOc1c(OC)ccc(C(C=O)c2c(Cl)cncc2Cl)c1OCC=C. The Kier molecular flexibility index (Phi) is 7.70. The van der Waals surface area contributed by atoms with Crippen molar-refractivity contribution < 1.29 is 19.0 Å². The van der Waals surface area contributed by atoms with E-state index in [4.69, 9.17) is 37.4 Å². The van der Waals surface area contributed by atoms with E-state index in [9.17, 15) is 4.79 Å². The van der Waals surface area contributed by atoms with Crippen molar-refractivity contribution in [2.24, 2.45) is 0 Å². The Morgan fingerprint density at radius 3 is 2.19 bits per heavy atom. The number of nitrogens with zero attached hydrogens (tertiary/aromatic N) is 1. The third-order valence-corrected chi connectivity index (χ3v) is 4.29. The molecule has 142 valence electrons. The van der Waals surface area contributed by atoms with Crippen LogP contribution in [0.5, 0.6) is 17.2 Å².